The quantitative estimate of drug-likeness (QED) is 0.593. The number of nitrogens with zero attached hydrogens (tertiary/aromatic N) is 3. The van der Waals surface area contributed by atoms with E-state index >= 15 is 0 Å². The predicted octanol–water partition coefficient (Wildman–Crippen LogP) is 3.62. The molecule has 1 aromatic heterocycles. The third-order valence-corrected chi connectivity index (χ3v) is 5.72. The highest BCUT2D eigenvalue weighted by Crippen LogP contribution is 2.37. The van der Waals surface area contributed by atoms with E-state index in [4.69, 9.17) is 22.1 Å². The Morgan fingerprint density at radius 1 is 1.09 bits per heavy atom. The SMILES string of the molecule is CC(=O)N1CN(C(N)=O)c2cc(Cn3ccc(OCc4ccc(F)cc4F)c(Cl)c3=O)ccc21. The van der Waals surface area contributed by atoms with Gasteiger partial charge in [-0.1, -0.05) is 17.7 Å². The molecule has 0 radical (unpaired) electrons. The van der Waals surface area contributed by atoms with E-state index in [1.807, 2.05) is 0 Å². The topological polar surface area (TPSA) is 97.9 Å². The van der Waals surface area contributed by atoms with Crippen LogP contribution in [0.5, 0.6) is 5.75 Å². The predicted molar refractivity (Wildman–Crippen MR) is 122 cm³/mol. The van der Waals surface area contributed by atoms with Gasteiger partial charge in [0.05, 0.1) is 17.9 Å². The Labute approximate surface area is 197 Å². The molecule has 2 N–H and O–H groups in total. The van der Waals surface area contributed by atoms with Gasteiger partial charge < -0.3 is 15.0 Å². The normalized spacial score (nSPS) is 12.6. The summed E-state index contributed by atoms with van der Waals surface area (Å²) in [5.74, 6) is -1.66. The molecule has 3 amide bonds. The number of aromatic nitrogens is 1. The second kappa shape index (κ2) is 9.14. The number of benzene rings is 2. The fourth-order valence-electron chi connectivity index (χ4n) is 3.62. The van der Waals surface area contributed by atoms with Gasteiger partial charge in [0.1, 0.15) is 35.7 Å². The van der Waals surface area contributed by atoms with Crippen molar-refractivity contribution in [3.8, 4) is 5.75 Å². The maximum absolute atomic E-state index is 13.8. The maximum Gasteiger partial charge on any atom is 0.320 e. The number of carbonyl (C=O) groups excluding carboxylic acids is 2. The number of ether oxygens (including phenoxy) is 1. The van der Waals surface area contributed by atoms with Crippen molar-refractivity contribution in [3.05, 3.63) is 86.8 Å². The molecule has 1 aliphatic rings. The van der Waals surface area contributed by atoms with Gasteiger partial charge in [-0.2, -0.15) is 0 Å². The van der Waals surface area contributed by atoms with E-state index in [2.05, 4.69) is 0 Å². The number of carbonyl (C=O) groups is 2. The molecule has 176 valence electrons. The fraction of sp³-hybridized carbons (Fsp3) is 0.174. The van der Waals surface area contributed by atoms with Gasteiger partial charge in [-0.05, 0) is 35.9 Å². The lowest BCUT2D eigenvalue weighted by molar-refractivity contribution is -0.116. The van der Waals surface area contributed by atoms with Crippen molar-refractivity contribution in [2.24, 2.45) is 5.73 Å². The molecule has 34 heavy (non-hydrogen) atoms. The van der Waals surface area contributed by atoms with Crippen LogP contribution in [-0.2, 0) is 17.9 Å². The van der Waals surface area contributed by atoms with E-state index in [0.29, 0.717) is 16.9 Å². The molecule has 3 aromatic rings. The molecule has 8 nitrogen and oxygen atoms in total. The van der Waals surface area contributed by atoms with Crippen LogP contribution < -0.4 is 25.8 Å². The molecule has 0 saturated heterocycles. The molecule has 0 aliphatic carbocycles. The highest BCUT2D eigenvalue weighted by molar-refractivity contribution is 6.31. The van der Waals surface area contributed by atoms with Crippen molar-refractivity contribution in [1.29, 1.82) is 0 Å². The number of primary amides is 1. The summed E-state index contributed by atoms with van der Waals surface area (Å²) < 4.78 is 33.7. The molecule has 2 aromatic carbocycles. The first-order valence-electron chi connectivity index (χ1n) is 10.1. The number of urea groups is 1. The lowest BCUT2D eigenvalue weighted by Crippen LogP contribution is -2.40. The molecule has 0 spiro atoms. The molecule has 0 saturated carbocycles. The Bertz CT molecular complexity index is 1360. The van der Waals surface area contributed by atoms with Crippen molar-refractivity contribution in [3.63, 3.8) is 0 Å². The maximum atomic E-state index is 13.8. The standard InChI is InChI=1S/C23H19ClF2N4O4/c1-13(31)29-12-30(23(27)33)19-8-14(2-5-18(19)29)10-28-7-6-20(21(24)22(28)32)34-11-15-3-4-16(25)9-17(15)26/h2-9H,10-12H2,1H3,(H2,27,33). The van der Waals surface area contributed by atoms with Crippen LogP contribution in [0, 0.1) is 11.6 Å². The van der Waals surface area contributed by atoms with Gasteiger partial charge in [-0.15, -0.1) is 0 Å². The number of rotatable bonds is 5. The van der Waals surface area contributed by atoms with Crippen LogP contribution in [0.25, 0.3) is 0 Å². The van der Waals surface area contributed by atoms with E-state index in [0.717, 1.165) is 12.1 Å². The number of nitrogens with two attached hydrogens (primary N) is 1. The zero-order valence-electron chi connectivity index (χ0n) is 17.9. The van der Waals surface area contributed by atoms with E-state index < -0.39 is 23.2 Å². The Morgan fingerprint density at radius 3 is 2.53 bits per heavy atom. The van der Waals surface area contributed by atoms with Crippen LogP contribution in [0.2, 0.25) is 5.02 Å². The smallest absolute Gasteiger partial charge is 0.320 e. The van der Waals surface area contributed by atoms with Crippen LogP contribution >= 0.6 is 11.6 Å². The lowest BCUT2D eigenvalue weighted by atomic mass is 10.1. The summed E-state index contributed by atoms with van der Waals surface area (Å²) in [5.41, 5.74) is 6.67. The second-order valence-corrected chi connectivity index (χ2v) is 8.01. The Kier molecular flexibility index (Phi) is 6.25. The molecule has 4 rings (SSSR count). The number of anilines is 2. The van der Waals surface area contributed by atoms with E-state index in [-0.39, 0.29) is 42.1 Å². The summed E-state index contributed by atoms with van der Waals surface area (Å²) in [6.07, 6.45) is 1.46. The molecular weight excluding hydrogens is 470 g/mol. The number of halogens is 3. The van der Waals surface area contributed by atoms with E-state index in [9.17, 15) is 23.2 Å². The first-order valence-corrected chi connectivity index (χ1v) is 10.5. The van der Waals surface area contributed by atoms with Gasteiger partial charge in [0.2, 0.25) is 5.91 Å². The van der Waals surface area contributed by atoms with Crippen molar-refractivity contribution in [1.82, 2.24) is 4.57 Å². The highest BCUT2D eigenvalue weighted by atomic mass is 35.5. The van der Waals surface area contributed by atoms with Crippen LogP contribution in [0.15, 0.2) is 53.5 Å². The zero-order valence-corrected chi connectivity index (χ0v) is 18.7. The first-order chi connectivity index (χ1) is 16.2. The van der Waals surface area contributed by atoms with Gasteiger partial charge in [0.25, 0.3) is 5.56 Å². The fourth-order valence-corrected chi connectivity index (χ4v) is 3.85. The Balaban J connectivity index is 1.55. The van der Waals surface area contributed by atoms with E-state index in [1.54, 1.807) is 18.2 Å². The number of pyridine rings is 1. The van der Waals surface area contributed by atoms with Crippen molar-refractivity contribution in [2.45, 2.75) is 20.1 Å². The monoisotopic (exact) mass is 488 g/mol. The first kappa shape index (κ1) is 23.2. The van der Waals surface area contributed by atoms with Crippen molar-refractivity contribution in [2.75, 3.05) is 16.5 Å². The number of hydrogen-bond acceptors (Lipinski definition) is 4. The zero-order chi connectivity index (χ0) is 24.6. The molecule has 11 heteroatoms. The summed E-state index contributed by atoms with van der Waals surface area (Å²) in [6, 6.07) is 8.92. The van der Waals surface area contributed by atoms with E-state index in [1.165, 1.54) is 39.6 Å². The summed E-state index contributed by atoms with van der Waals surface area (Å²) in [6.45, 7) is 1.27. The minimum absolute atomic E-state index is 0.00984. The molecule has 1 aliphatic heterocycles. The minimum atomic E-state index is -0.769. The van der Waals surface area contributed by atoms with Crippen LogP contribution in [-0.4, -0.2) is 23.2 Å². The van der Waals surface area contributed by atoms with Crippen LogP contribution in [0.1, 0.15) is 18.1 Å². The molecule has 0 atom stereocenters. The molecular formula is C23H19ClF2N4O4. The van der Waals surface area contributed by atoms with Crippen LogP contribution in [0.3, 0.4) is 0 Å². The Hall–Kier alpha value is -3.92. The second-order valence-electron chi connectivity index (χ2n) is 7.63. The largest absolute Gasteiger partial charge is 0.487 e. The van der Waals surface area contributed by atoms with Gasteiger partial charge in [-0.25, -0.2) is 13.6 Å². The summed E-state index contributed by atoms with van der Waals surface area (Å²) in [5, 5.41) is -0.201. The summed E-state index contributed by atoms with van der Waals surface area (Å²) in [7, 11) is 0. The summed E-state index contributed by atoms with van der Waals surface area (Å²) >= 11 is 6.18. The highest BCUT2D eigenvalue weighted by Gasteiger charge is 2.31. The summed E-state index contributed by atoms with van der Waals surface area (Å²) in [4.78, 5) is 39.1. The number of hydrogen-bond donors (Lipinski definition) is 1. The van der Waals surface area contributed by atoms with Gasteiger partial charge >= 0.3 is 6.03 Å². The molecule has 2 heterocycles. The molecule has 0 unspecified atom stereocenters. The van der Waals surface area contributed by atoms with Gasteiger partial charge in [0, 0.05) is 24.8 Å². The Morgan fingerprint density at radius 2 is 1.85 bits per heavy atom. The molecule has 0 fully saturated rings. The van der Waals surface area contributed by atoms with Crippen molar-refractivity contribution < 1.29 is 23.1 Å². The third-order valence-electron chi connectivity index (χ3n) is 5.37. The average molecular weight is 489 g/mol. The number of fused-ring (bicyclic) bond motifs is 1. The minimum Gasteiger partial charge on any atom is -0.487 e. The van der Waals surface area contributed by atoms with Crippen LogP contribution in [0.4, 0.5) is 25.0 Å². The van der Waals surface area contributed by atoms with Gasteiger partial charge in [0.15, 0.2) is 0 Å². The molecule has 0 bridgehead atoms. The average Bonchev–Trinajstić information content (AvgIpc) is 3.17. The lowest BCUT2D eigenvalue weighted by Gasteiger charge is -2.15. The van der Waals surface area contributed by atoms with Gasteiger partial charge in [-0.3, -0.25) is 19.4 Å². The number of amides is 3. The van der Waals surface area contributed by atoms with Crippen molar-refractivity contribution >= 4 is 34.9 Å². The third kappa shape index (κ3) is 4.44.